The summed E-state index contributed by atoms with van der Waals surface area (Å²) in [4.78, 5) is 29.5. The fraction of sp³-hybridized carbons (Fsp3) is 0.333. The molecular weight excluding hydrogens is 318 g/mol. The second-order valence-corrected chi connectivity index (χ2v) is 6.46. The van der Waals surface area contributed by atoms with Crippen molar-refractivity contribution in [2.24, 2.45) is 7.05 Å². The van der Waals surface area contributed by atoms with Crippen molar-refractivity contribution in [2.45, 2.75) is 32.2 Å². The van der Waals surface area contributed by atoms with E-state index >= 15 is 0 Å². The monoisotopic (exact) mass is 337 g/mol. The van der Waals surface area contributed by atoms with Gasteiger partial charge in [0.2, 0.25) is 11.7 Å². The maximum atomic E-state index is 12.9. The number of benzene rings is 1. The number of nitrogens with zero attached hydrogens (tertiary/aromatic N) is 4. The first kappa shape index (κ1) is 15.6. The molecule has 1 N–H and O–H groups in total. The third kappa shape index (κ3) is 2.82. The molecule has 1 amide bonds. The minimum atomic E-state index is -0.286. The summed E-state index contributed by atoms with van der Waals surface area (Å²) in [6.45, 7) is 1.83. The van der Waals surface area contributed by atoms with Gasteiger partial charge in [-0.3, -0.25) is 9.59 Å². The van der Waals surface area contributed by atoms with Crippen molar-refractivity contribution in [1.29, 1.82) is 0 Å². The van der Waals surface area contributed by atoms with E-state index in [1.54, 1.807) is 4.57 Å². The molecule has 0 radical (unpaired) electrons. The predicted octanol–water partition coefficient (Wildman–Crippen LogP) is 1.22. The first-order valence-corrected chi connectivity index (χ1v) is 8.34. The summed E-state index contributed by atoms with van der Waals surface area (Å²) in [6.07, 6.45) is 2.10. The van der Waals surface area contributed by atoms with Gasteiger partial charge in [-0.1, -0.05) is 30.3 Å². The Morgan fingerprint density at radius 2 is 2.00 bits per heavy atom. The van der Waals surface area contributed by atoms with E-state index < -0.39 is 0 Å². The molecule has 7 nitrogen and oxygen atoms in total. The molecule has 0 unspecified atom stereocenters. The summed E-state index contributed by atoms with van der Waals surface area (Å²) in [6, 6.07) is 9.79. The van der Waals surface area contributed by atoms with Gasteiger partial charge in [-0.25, -0.2) is 0 Å². The van der Waals surface area contributed by atoms with Crippen LogP contribution in [0.1, 0.15) is 24.1 Å². The molecule has 1 aliphatic rings. The third-order valence-electron chi connectivity index (χ3n) is 4.59. The second kappa shape index (κ2) is 5.84. The number of aryl methyl sites for hydroxylation is 1. The van der Waals surface area contributed by atoms with Crippen molar-refractivity contribution >= 4 is 11.7 Å². The van der Waals surface area contributed by atoms with Crippen LogP contribution in [-0.4, -0.2) is 31.1 Å². The lowest BCUT2D eigenvalue weighted by molar-refractivity contribution is -0.120. The topological polar surface area (TPSA) is 81.3 Å². The maximum absolute atomic E-state index is 12.9. The van der Waals surface area contributed by atoms with Crippen LogP contribution in [0.4, 0.5) is 0 Å². The summed E-state index contributed by atoms with van der Waals surface area (Å²) in [5.74, 6) is 0.838. The summed E-state index contributed by atoms with van der Waals surface area (Å²) in [5, 5.41) is 7.29. The number of hydrogen-bond acceptors (Lipinski definition) is 4. The van der Waals surface area contributed by atoms with Crippen LogP contribution < -0.4 is 10.9 Å². The smallest absolute Gasteiger partial charge is 0.279 e. The van der Waals surface area contributed by atoms with Crippen LogP contribution >= 0.6 is 0 Å². The van der Waals surface area contributed by atoms with E-state index in [1.807, 2.05) is 44.3 Å². The Labute approximate surface area is 144 Å². The number of hydrogen-bond donors (Lipinski definition) is 1. The average molecular weight is 337 g/mol. The first-order chi connectivity index (χ1) is 12.0. The number of aromatic nitrogens is 4. The lowest BCUT2D eigenvalue weighted by Crippen LogP contribution is -2.32. The van der Waals surface area contributed by atoms with Crippen LogP contribution in [0.25, 0.3) is 17.2 Å². The molecule has 1 aliphatic carbocycles. The largest absolute Gasteiger partial charge is 0.353 e. The van der Waals surface area contributed by atoms with Crippen LogP contribution in [-0.2, 0) is 18.3 Å². The lowest BCUT2D eigenvalue weighted by Gasteiger charge is -2.11. The Kier molecular flexibility index (Phi) is 3.63. The molecular formula is C18H19N5O2. The Morgan fingerprint density at radius 3 is 2.68 bits per heavy atom. The predicted molar refractivity (Wildman–Crippen MR) is 93.3 cm³/mol. The summed E-state index contributed by atoms with van der Waals surface area (Å²) < 4.78 is 3.09. The van der Waals surface area contributed by atoms with E-state index in [2.05, 4.69) is 15.4 Å². The van der Waals surface area contributed by atoms with Crippen LogP contribution in [0.5, 0.6) is 0 Å². The van der Waals surface area contributed by atoms with E-state index in [4.69, 9.17) is 0 Å². The Bertz CT molecular complexity index is 1020. The Morgan fingerprint density at radius 1 is 1.28 bits per heavy atom. The van der Waals surface area contributed by atoms with Gasteiger partial charge < -0.3 is 9.88 Å². The Balaban J connectivity index is 1.79. The van der Waals surface area contributed by atoms with Gasteiger partial charge in [-0.05, 0) is 19.8 Å². The second-order valence-electron chi connectivity index (χ2n) is 6.46. The van der Waals surface area contributed by atoms with Crippen LogP contribution in [0.3, 0.4) is 0 Å². The first-order valence-electron chi connectivity index (χ1n) is 8.34. The van der Waals surface area contributed by atoms with E-state index in [1.165, 1.54) is 4.52 Å². The van der Waals surface area contributed by atoms with Crippen molar-refractivity contribution in [3.8, 4) is 11.4 Å². The number of rotatable bonds is 4. The van der Waals surface area contributed by atoms with Crippen LogP contribution in [0.2, 0.25) is 0 Å². The molecule has 1 fully saturated rings. The number of carbonyl (C=O) groups excluding carboxylic acids is 1. The highest BCUT2D eigenvalue weighted by molar-refractivity contribution is 5.79. The highest BCUT2D eigenvalue weighted by Gasteiger charge is 2.25. The molecule has 25 heavy (non-hydrogen) atoms. The van der Waals surface area contributed by atoms with Gasteiger partial charge in [-0.2, -0.15) is 9.50 Å². The molecule has 0 aliphatic heterocycles. The highest BCUT2D eigenvalue weighted by atomic mass is 16.2. The molecule has 2 heterocycles. The van der Waals surface area contributed by atoms with Gasteiger partial charge in [0, 0.05) is 29.9 Å². The quantitative estimate of drug-likeness (QED) is 0.776. The number of nitrogens with one attached hydrogen (secondary N) is 1. The van der Waals surface area contributed by atoms with Gasteiger partial charge >= 0.3 is 0 Å². The van der Waals surface area contributed by atoms with Gasteiger partial charge in [0.05, 0.1) is 6.42 Å². The number of amides is 1. The molecule has 0 spiro atoms. The van der Waals surface area contributed by atoms with Crippen molar-refractivity contribution in [1.82, 2.24) is 24.5 Å². The zero-order chi connectivity index (χ0) is 17.6. The lowest BCUT2D eigenvalue weighted by atomic mass is 10.1. The molecule has 7 heteroatoms. The summed E-state index contributed by atoms with van der Waals surface area (Å²) in [7, 11) is 1.83. The summed E-state index contributed by atoms with van der Waals surface area (Å²) in [5.41, 5.74) is 1.75. The standard InChI is InChI=1S/C18H19N5O2/c1-11-14(10-15(24)19-13-8-9-13)17(25)23-18(22(11)2)20-16(21-23)12-6-4-3-5-7-12/h3-7,13H,8-10H2,1-2H3,(H,19,24). The zero-order valence-corrected chi connectivity index (χ0v) is 14.2. The molecule has 128 valence electrons. The molecule has 4 rings (SSSR count). The molecule has 0 bridgehead atoms. The zero-order valence-electron chi connectivity index (χ0n) is 14.2. The van der Waals surface area contributed by atoms with E-state index in [9.17, 15) is 9.59 Å². The normalized spacial score (nSPS) is 14.0. The molecule has 1 aromatic carbocycles. The molecule has 2 aromatic heterocycles. The molecule has 0 saturated heterocycles. The highest BCUT2D eigenvalue weighted by Crippen LogP contribution is 2.19. The average Bonchev–Trinajstić information content (AvgIpc) is 3.31. The van der Waals surface area contributed by atoms with Crippen molar-refractivity contribution in [3.63, 3.8) is 0 Å². The summed E-state index contributed by atoms with van der Waals surface area (Å²) >= 11 is 0. The fourth-order valence-electron chi connectivity index (χ4n) is 2.87. The van der Waals surface area contributed by atoms with Crippen LogP contribution in [0.15, 0.2) is 35.1 Å². The molecule has 3 aromatic rings. The minimum Gasteiger partial charge on any atom is -0.353 e. The van der Waals surface area contributed by atoms with Gasteiger partial charge in [0.25, 0.3) is 5.56 Å². The van der Waals surface area contributed by atoms with Crippen molar-refractivity contribution in [3.05, 3.63) is 51.9 Å². The van der Waals surface area contributed by atoms with Crippen LogP contribution in [0, 0.1) is 6.92 Å². The van der Waals surface area contributed by atoms with Gasteiger partial charge in [0.1, 0.15) is 0 Å². The van der Waals surface area contributed by atoms with Crippen molar-refractivity contribution in [2.75, 3.05) is 0 Å². The van der Waals surface area contributed by atoms with E-state index in [-0.39, 0.29) is 23.9 Å². The third-order valence-corrected chi connectivity index (χ3v) is 4.59. The van der Waals surface area contributed by atoms with E-state index in [0.29, 0.717) is 17.2 Å². The molecule has 0 atom stereocenters. The molecule has 1 saturated carbocycles. The van der Waals surface area contributed by atoms with E-state index in [0.717, 1.165) is 24.1 Å². The number of carbonyl (C=O) groups is 1. The van der Waals surface area contributed by atoms with Crippen molar-refractivity contribution < 1.29 is 4.79 Å². The van der Waals surface area contributed by atoms with Gasteiger partial charge in [-0.15, -0.1) is 5.10 Å². The Hall–Kier alpha value is -2.96. The maximum Gasteiger partial charge on any atom is 0.279 e. The SMILES string of the molecule is Cc1c(CC(=O)NC2CC2)c(=O)n2nc(-c3ccccc3)nc2n1C. The minimum absolute atomic E-state index is 0.0610. The fourth-order valence-corrected chi connectivity index (χ4v) is 2.87. The van der Waals surface area contributed by atoms with Gasteiger partial charge in [0.15, 0.2) is 5.82 Å². The number of fused-ring (bicyclic) bond motifs is 1.